The molecule has 0 saturated carbocycles. The maximum absolute atomic E-state index is 13.4. The first-order valence-electron chi connectivity index (χ1n) is 12.1. The van der Waals surface area contributed by atoms with Crippen LogP contribution in [0.4, 0.5) is 24.5 Å². The zero-order valence-corrected chi connectivity index (χ0v) is 19.7. The summed E-state index contributed by atoms with van der Waals surface area (Å²) in [6.07, 6.45) is -2.26. The fraction of sp³-hybridized carbons (Fsp3) is 0.500. The van der Waals surface area contributed by atoms with E-state index in [2.05, 4.69) is 15.1 Å². The maximum atomic E-state index is 13.4. The molecule has 1 amide bonds. The molecule has 0 aromatic heterocycles. The van der Waals surface area contributed by atoms with Crippen molar-refractivity contribution >= 4 is 17.3 Å². The average Bonchev–Trinajstić information content (AvgIpc) is 3.39. The van der Waals surface area contributed by atoms with Crippen molar-refractivity contribution in [3.8, 4) is 5.75 Å². The summed E-state index contributed by atoms with van der Waals surface area (Å²) < 4.78 is 51.1. The van der Waals surface area contributed by atoms with E-state index < -0.39 is 17.7 Å². The van der Waals surface area contributed by atoms with Crippen LogP contribution in [-0.2, 0) is 22.1 Å². The second-order valence-electron chi connectivity index (χ2n) is 9.44. The van der Waals surface area contributed by atoms with Crippen LogP contribution >= 0.6 is 0 Å². The van der Waals surface area contributed by atoms with Crippen molar-refractivity contribution in [1.82, 2.24) is 5.32 Å². The number of nitrogens with zero attached hydrogens (tertiary/aromatic N) is 2. The van der Waals surface area contributed by atoms with Crippen LogP contribution < -0.4 is 19.9 Å². The molecule has 0 aliphatic carbocycles. The summed E-state index contributed by atoms with van der Waals surface area (Å²) in [4.78, 5) is 17.7. The highest BCUT2D eigenvalue weighted by Crippen LogP contribution is 2.40. The molecular weight excluding hydrogens is 459 g/mol. The number of fused-ring (bicyclic) bond motifs is 3. The van der Waals surface area contributed by atoms with E-state index in [4.69, 9.17) is 9.47 Å². The van der Waals surface area contributed by atoms with E-state index in [-0.39, 0.29) is 24.5 Å². The monoisotopic (exact) mass is 489 g/mol. The Morgan fingerprint density at radius 3 is 2.66 bits per heavy atom. The first kappa shape index (κ1) is 23.8. The van der Waals surface area contributed by atoms with Gasteiger partial charge < -0.3 is 24.6 Å². The number of rotatable bonds is 5. The van der Waals surface area contributed by atoms with Crippen molar-refractivity contribution < 1.29 is 27.4 Å². The number of hydrogen-bond acceptors (Lipinski definition) is 5. The zero-order chi connectivity index (χ0) is 24.6. The Bertz CT molecular complexity index is 1050. The van der Waals surface area contributed by atoms with Crippen LogP contribution in [0.15, 0.2) is 42.5 Å². The molecule has 0 spiro atoms. The molecule has 6 nitrogen and oxygen atoms in total. The third-order valence-corrected chi connectivity index (χ3v) is 7.34. The predicted octanol–water partition coefficient (Wildman–Crippen LogP) is 3.88. The standard InChI is InChI=1S/C26H30F3N3O3/c1-34-20-7-5-19(6-8-20)31-10-11-32-23-9-4-18(26(27,28)29)13-17(23)14-22(24(32)16-31)25(33)30-15-21-3-2-12-35-21/h4-9,13,21-22,24H,2-3,10-12,14-16H2,1H3,(H,30,33)/t21-,22+,24-/m1/s1. The molecule has 3 heterocycles. The highest BCUT2D eigenvalue weighted by molar-refractivity contribution is 5.82. The second kappa shape index (κ2) is 9.60. The minimum absolute atomic E-state index is 0.00455. The zero-order valence-electron chi connectivity index (χ0n) is 19.7. The molecule has 3 aliphatic heterocycles. The molecule has 35 heavy (non-hydrogen) atoms. The van der Waals surface area contributed by atoms with E-state index in [0.29, 0.717) is 38.3 Å². The minimum Gasteiger partial charge on any atom is -0.497 e. The predicted molar refractivity (Wildman–Crippen MR) is 127 cm³/mol. The Morgan fingerprint density at radius 1 is 1.17 bits per heavy atom. The molecule has 2 aromatic rings. The Labute approximate surface area is 203 Å². The van der Waals surface area contributed by atoms with E-state index in [1.54, 1.807) is 13.2 Å². The number of halogens is 3. The lowest BCUT2D eigenvalue weighted by molar-refractivity contribution is -0.137. The van der Waals surface area contributed by atoms with Crippen LogP contribution in [0.3, 0.4) is 0 Å². The van der Waals surface area contributed by atoms with E-state index >= 15 is 0 Å². The van der Waals surface area contributed by atoms with Gasteiger partial charge in [-0.15, -0.1) is 0 Å². The smallest absolute Gasteiger partial charge is 0.416 e. The van der Waals surface area contributed by atoms with Crippen molar-refractivity contribution in [2.24, 2.45) is 5.92 Å². The molecule has 3 aliphatic rings. The molecule has 188 valence electrons. The van der Waals surface area contributed by atoms with Crippen LogP contribution in [-0.4, -0.2) is 57.9 Å². The molecule has 2 saturated heterocycles. The summed E-state index contributed by atoms with van der Waals surface area (Å²) in [6, 6.07) is 11.6. The third kappa shape index (κ3) is 4.91. The Morgan fingerprint density at radius 2 is 1.97 bits per heavy atom. The largest absolute Gasteiger partial charge is 0.497 e. The minimum atomic E-state index is -4.42. The number of nitrogens with one attached hydrogen (secondary N) is 1. The van der Waals surface area contributed by atoms with Gasteiger partial charge in [0.2, 0.25) is 5.91 Å². The molecule has 0 bridgehead atoms. The molecule has 0 unspecified atom stereocenters. The van der Waals surface area contributed by atoms with Gasteiger partial charge in [0.05, 0.1) is 30.7 Å². The fourth-order valence-corrected chi connectivity index (χ4v) is 5.48. The quantitative estimate of drug-likeness (QED) is 0.691. The topological polar surface area (TPSA) is 54.0 Å². The van der Waals surface area contributed by atoms with Crippen LogP contribution in [0.2, 0.25) is 0 Å². The van der Waals surface area contributed by atoms with Gasteiger partial charge in [0.1, 0.15) is 5.75 Å². The maximum Gasteiger partial charge on any atom is 0.416 e. The molecule has 1 N–H and O–H groups in total. The lowest BCUT2D eigenvalue weighted by atomic mass is 9.82. The van der Waals surface area contributed by atoms with Crippen LogP contribution in [0, 0.1) is 5.92 Å². The Balaban J connectivity index is 1.41. The number of amides is 1. The van der Waals surface area contributed by atoms with E-state index in [9.17, 15) is 18.0 Å². The molecular formula is C26H30F3N3O3. The number of hydrogen-bond donors (Lipinski definition) is 1. The molecule has 2 aromatic carbocycles. The number of carbonyl (C=O) groups excluding carboxylic acids is 1. The molecule has 5 rings (SSSR count). The first-order valence-corrected chi connectivity index (χ1v) is 12.1. The normalized spacial score (nSPS) is 24.1. The van der Waals surface area contributed by atoms with Crippen LogP contribution in [0.25, 0.3) is 0 Å². The van der Waals surface area contributed by atoms with Crippen molar-refractivity contribution in [3.63, 3.8) is 0 Å². The first-order chi connectivity index (χ1) is 16.8. The van der Waals surface area contributed by atoms with Gasteiger partial charge in [-0.05, 0) is 67.3 Å². The summed E-state index contributed by atoms with van der Waals surface area (Å²) in [7, 11) is 1.62. The Kier molecular flexibility index (Phi) is 6.53. The number of piperazine rings is 1. The summed E-state index contributed by atoms with van der Waals surface area (Å²) in [5.41, 5.74) is 1.72. The van der Waals surface area contributed by atoms with Gasteiger partial charge in [0.25, 0.3) is 0 Å². The number of ether oxygens (including phenoxy) is 2. The van der Waals surface area contributed by atoms with Gasteiger partial charge in [0, 0.05) is 44.2 Å². The lowest BCUT2D eigenvalue weighted by Gasteiger charge is -2.49. The summed E-state index contributed by atoms with van der Waals surface area (Å²) >= 11 is 0. The van der Waals surface area contributed by atoms with E-state index in [0.717, 1.165) is 36.0 Å². The molecule has 0 radical (unpaired) electrons. The van der Waals surface area contributed by atoms with Crippen molar-refractivity contribution in [1.29, 1.82) is 0 Å². The van der Waals surface area contributed by atoms with Crippen molar-refractivity contribution in [2.75, 3.05) is 49.7 Å². The van der Waals surface area contributed by atoms with Gasteiger partial charge in [-0.3, -0.25) is 4.79 Å². The lowest BCUT2D eigenvalue weighted by Crippen LogP contribution is -2.61. The van der Waals surface area contributed by atoms with Gasteiger partial charge >= 0.3 is 6.18 Å². The van der Waals surface area contributed by atoms with Gasteiger partial charge in [-0.25, -0.2) is 0 Å². The highest BCUT2D eigenvalue weighted by Gasteiger charge is 2.43. The SMILES string of the molecule is COc1ccc(N2CCN3c4ccc(C(F)(F)F)cc4C[C@H](C(=O)NC[C@H]4CCCO4)[C@H]3C2)cc1. The van der Waals surface area contributed by atoms with Gasteiger partial charge in [-0.2, -0.15) is 13.2 Å². The second-order valence-corrected chi connectivity index (χ2v) is 9.44. The van der Waals surface area contributed by atoms with Crippen LogP contribution in [0.5, 0.6) is 5.75 Å². The molecule has 2 fully saturated rings. The molecule has 9 heteroatoms. The van der Waals surface area contributed by atoms with Gasteiger partial charge in [0.15, 0.2) is 0 Å². The van der Waals surface area contributed by atoms with Crippen molar-refractivity contribution in [3.05, 3.63) is 53.6 Å². The number of alkyl halides is 3. The Hall–Kier alpha value is -2.94. The summed E-state index contributed by atoms with van der Waals surface area (Å²) in [5.74, 6) is 0.175. The highest BCUT2D eigenvalue weighted by atomic mass is 19.4. The summed E-state index contributed by atoms with van der Waals surface area (Å²) in [5, 5.41) is 3.02. The van der Waals surface area contributed by atoms with Crippen LogP contribution in [0.1, 0.15) is 24.0 Å². The van der Waals surface area contributed by atoms with E-state index in [1.165, 1.54) is 6.07 Å². The number of anilines is 2. The van der Waals surface area contributed by atoms with Crippen molar-refractivity contribution in [2.45, 2.75) is 37.6 Å². The number of carbonyl (C=O) groups is 1. The fourth-order valence-electron chi connectivity index (χ4n) is 5.48. The average molecular weight is 490 g/mol. The van der Waals surface area contributed by atoms with Gasteiger partial charge in [-0.1, -0.05) is 0 Å². The third-order valence-electron chi connectivity index (χ3n) is 7.34. The summed E-state index contributed by atoms with van der Waals surface area (Å²) in [6.45, 7) is 3.05. The van der Waals surface area contributed by atoms with E-state index in [1.807, 2.05) is 24.3 Å². The number of methoxy groups -OCH3 is 1. The number of benzene rings is 2. The molecule has 3 atom stereocenters.